The van der Waals surface area contributed by atoms with Gasteiger partial charge in [-0.15, -0.1) is 0 Å². The van der Waals surface area contributed by atoms with E-state index in [9.17, 15) is 0 Å². The number of benzene rings is 1. The van der Waals surface area contributed by atoms with Crippen LogP contribution in [0.4, 0.5) is 0 Å². The van der Waals surface area contributed by atoms with Gasteiger partial charge in [0.2, 0.25) is 0 Å². The van der Waals surface area contributed by atoms with E-state index in [2.05, 4.69) is 36.2 Å². The number of thioether (sulfide) groups is 1. The Morgan fingerprint density at radius 3 is 2.83 bits per heavy atom. The van der Waals surface area contributed by atoms with Crippen LogP contribution in [0.2, 0.25) is 0 Å². The molecular formula is C16H17NS. The summed E-state index contributed by atoms with van der Waals surface area (Å²) in [4.78, 5) is 4.38. The molecule has 0 aliphatic heterocycles. The van der Waals surface area contributed by atoms with Gasteiger partial charge in [0.1, 0.15) is 0 Å². The van der Waals surface area contributed by atoms with Crippen molar-refractivity contribution in [1.29, 1.82) is 0 Å². The first kappa shape index (κ1) is 11.8. The van der Waals surface area contributed by atoms with E-state index in [1.54, 1.807) is 11.1 Å². The summed E-state index contributed by atoms with van der Waals surface area (Å²) in [6.07, 6.45) is 5.69. The Labute approximate surface area is 113 Å². The van der Waals surface area contributed by atoms with Crippen LogP contribution in [0.5, 0.6) is 0 Å². The van der Waals surface area contributed by atoms with Crippen molar-refractivity contribution in [3.05, 3.63) is 59.3 Å². The number of pyridine rings is 1. The van der Waals surface area contributed by atoms with E-state index < -0.39 is 0 Å². The maximum atomic E-state index is 4.38. The van der Waals surface area contributed by atoms with E-state index in [1.165, 1.54) is 24.8 Å². The minimum atomic E-state index is 0.464. The van der Waals surface area contributed by atoms with Crippen LogP contribution in [0.3, 0.4) is 0 Å². The molecule has 2 heteroatoms. The minimum absolute atomic E-state index is 0.464. The monoisotopic (exact) mass is 255 g/mol. The molecular weight excluding hydrogens is 238 g/mol. The number of nitrogens with zero attached hydrogens (tertiary/aromatic N) is 1. The molecule has 92 valence electrons. The van der Waals surface area contributed by atoms with E-state index in [1.807, 2.05) is 30.1 Å². The maximum absolute atomic E-state index is 4.38. The van der Waals surface area contributed by atoms with Gasteiger partial charge in [-0.1, -0.05) is 36.0 Å². The van der Waals surface area contributed by atoms with Gasteiger partial charge in [0.15, 0.2) is 0 Å². The number of aryl methyl sites for hydroxylation is 2. The lowest BCUT2D eigenvalue weighted by Gasteiger charge is -2.12. The van der Waals surface area contributed by atoms with Gasteiger partial charge >= 0.3 is 0 Å². The topological polar surface area (TPSA) is 12.9 Å². The smallest absolute Gasteiger partial charge is 0.0965 e. The van der Waals surface area contributed by atoms with E-state index in [0.29, 0.717) is 5.25 Å². The van der Waals surface area contributed by atoms with E-state index in [-0.39, 0.29) is 0 Å². The molecule has 0 spiro atoms. The molecule has 1 atom stereocenters. The Morgan fingerprint density at radius 1 is 1.11 bits per heavy atom. The molecule has 0 fully saturated rings. The summed E-state index contributed by atoms with van der Waals surface area (Å²) in [5.74, 6) is 0. The van der Waals surface area contributed by atoms with E-state index in [4.69, 9.17) is 0 Å². The zero-order valence-corrected chi connectivity index (χ0v) is 11.4. The average molecular weight is 255 g/mol. The molecule has 0 saturated carbocycles. The van der Waals surface area contributed by atoms with Crippen LogP contribution in [-0.2, 0) is 12.8 Å². The lowest BCUT2D eigenvalue weighted by atomic mass is 10.0. The second kappa shape index (κ2) is 5.15. The highest BCUT2D eigenvalue weighted by molar-refractivity contribution is 7.99. The molecule has 0 saturated heterocycles. The average Bonchev–Trinajstić information content (AvgIpc) is 2.87. The zero-order chi connectivity index (χ0) is 12.4. The molecule has 0 bridgehead atoms. The summed E-state index contributed by atoms with van der Waals surface area (Å²) >= 11 is 1.83. The molecule has 0 amide bonds. The maximum Gasteiger partial charge on any atom is 0.0965 e. The van der Waals surface area contributed by atoms with Gasteiger partial charge in [-0.05, 0) is 55.0 Å². The fourth-order valence-corrected chi connectivity index (χ4v) is 3.43. The van der Waals surface area contributed by atoms with Crippen LogP contribution in [-0.4, -0.2) is 4.98 Å². The van der Waals surface area contributed by atoms with Crippen LogP contribution in [0.25, 0.3) is 0 Å². The molecule has 1 heterocycles. The molecule has 18 heavy (non-hydrogen) atoms. The van der Waals surface area contributed by atoms with Crippen molar-refractivity contribution in [3.63, 3.8) is 0 Å². The first-order valence-electron chi connectivity index (χ1n) is 6.52. The largest absolute Gasteiger partial charge is 0.250 e. The first-order valence-corrected chi connectivity index (χ1v) is 7.40. The summed E-state index contributed by atoms with van der Waals surface area (Å²) in [5.41, 5.74) is 4.53. The molecule has 1 aromatic heterocycles. The standard InChI is InChI=1S/C16H17NS/c1-12(18-16-7-2-3-10-17-16)14-9-8-13-5-4-6-15(13)11-14/h2-3,7-12H,4-6H2,1H3. The molecule has 1 aliphatic carbocycles. The van der Waals surface area contributed by atoms with Gasteiger partial charge in [0.05, 0.1) is 5.03 Å². The molecule has 1 aliphatic rings. The van der Waals surface area contributed by atoms with Gasteiger partial charge in [0, 0.05) is 11.4 Å². The Balaban J connectivity index is 1.78. The SMILES string of the molecule is CC(Sc1ccccn1)c1ccc2c(c1)CCC2. The Morgan fingerprint density at radius 2 is 2.00 bits per heavy atom. The van der Waals surface area contributed by atoms with Crippen molar-refractivity contribution >= 4 is 11.8 Å². The quantitative estimate of drug-likeness (QED) is 0.753. The number of hydrogen-bond acceptors (Lipinski definition) is 2. The van der Waals surface area contributed by atoms with Crippen molar-refractivity contribution in [2.45, 2.75) is 36.5 Å². The fraction of sp³-hybridized carbons (Fsp3) is 0.312. The predicted molar refractivity (Wildman–Crippen MR) is 77.0 cm³/mol. The van der Waals surface area contributed by atoms with Gasteiger partial charge < -0.3 is 0 Å². The summed E-state index contributed by atoms with van der Waals surface area (Å²) in [6, 6.07) is 13.1. The normalized spacial score (nSPS) is 15.4. The lowest BCUT2D eigenvalue weighted by molar-refractivity contribution is 0.911. The third kappa shape index (κ3) is 2.44. The van der Waals surface area contributed by atoms with Crippen LogP contribution in [0.1, 0.15) is 35.3 Å². The van der Waals surface area contributed by atoms with Crippen LogP contribution < -0.4 is 0 Å². The highest BCUT2D eigenvalue weighted by atomic mass is 32.2. The van der Waals surface area contributed by atoms with Gasteiger partial charge in [-0.25, -0.2) is 4.98 Å². The number of rotatable bonds is 3. The van der Waals surface area contributed by atoms with Gasteiger partial charge in [0.25, 0.3) is 0 Å². The molecule has 3 rings (SSSR count). The molecule has 1 nitrogen and oxygen atoms in total. The summed E-state index contributed by atoms with van der Waals surface area (Å²) in [6.45, 7) is 2.26. The van der Waals surface area contributed by atoms with Crippen molar-refractivity contribution in [1.82, 2.24) is 4.98 Å². The van der Waals surface area contributed by atoms with E-state index >= 15 is 0 Å². The zero-order valence-electron chi connectivity index (χ0n) is 10.6. The molecule has 1 unspecified atom stereocenters. The van der Waals surface area contributed by atoms with Crippen molar-refractivity contribution in [2.24, 2.45) is 0 Å². The summed E-state index contributed by atoms with van der Waals surface area (Å²) in [7, 11) is 0. The number of aromatic nitrogens is 1. The summed E-state index contributed by atoms with van der Waals surface area (Å²) < 4.78 is 0. The number of hydrogen-bond donors (Lipinski definition) is 0. The predicted octanol–water partition coefficient (Wildman–Crippen LogP) is 4.42. The van der Waals surface area contributed by atoms with Crippen molar-refractivity contribution < 1.29 is 0 Å². The molecule has 0 radical (unpaired) electrons. The molecule has 0 N–H and O–H groups in total. The third-order valence-corrected chi connectivity index (χ3v) is 4.64. The van der Waals surface area contributed by atoms with Crippen LogP contribution >= 0.6 is 11.8 Å². The molecule has 1 aromatic carbocycles. The number of fused-ring (bicyclic) bond motifs is 1. The van der Waals surface area contributed by atoms with Gasteiger partial charge in [-0.3, -0.25) is 0 Å². The Kier molecular flexibility index (Phi) is 3.37. The van der Waals surface area contributed by atoms with Gasteiger partial charge in [-0.2, -0.15) is 0 Å². The molecule has 2 aromatic rings. The minimum Gasteiger partial charge on any atom is -0.250 e. The second-order valence-electron chi connectivity index (χ2n) is 4.81. The second-order valence-corrected chi connectivity index (χ2v) is 6.17. The van der Waals surface area contributed by atoms with Crippen LogP contribution in [0, 0.1) is 0 Å². The summed E-state index contributed by atoms with van der Waals surface area (Å²) in [5, 5.41) is 1.57. The highest BCUT2D eigenvalue weighted by Gasteiger charge is 2.14. The lowest BCUT2D eigenvalue weighted by Crippen LogP contribution is -1.92. The highest BCUT2D eigenvalue weighted by Crippen LogP contribution is 2.35. The van der Waals surface area contributed by atoms with Crippen molar-refractivity contribution in [2.75, 3.05) is 0 Å². The fourth-order valence-electron chi connectivity index (χ4n) is 2.51. The van der Waals surface area contributed by atoms with Crippen molar-refractivity contribution in [3.8, 4) is 0 Å². The Hall–Kier alpha value is -1.28. The first-order chi connectivity index (χ1) is 8.83. The Bertz CT molecular complexity index is 536. The van der Waals surface area contributed by atoms with Crippen LogP contribution in [0.15, 0.2) is 47.6 Å². The third-order valence-electron chi connectivity index (χ3n) is 3.53. The van der Waals surface area contributed by atoms with E-state index in [0.717, 1.165) is 5.03 Å².